The van der Waals surface area contributed by atoms with Crippen LogP contribution >= 0.6 is 11.3 Å². The van der Waals surface area contributed by atoms with Crippen LogP contribution in [0.15, 0.2) is 16.3 Å². The minimum absolute atomic E-state index is 1.30. The molecule has 0 bridgehead atoms. The molecule has 0 atom stereocenters. The van der Waals surface area contributed by atoms with Crippen molar-refractivity contribution < 1.29 is 0 Å². The van der Waals surface area contributed by atoms with Gasteiger partial charge in [0.1, 0.15) is 0 Å². The van der Waals surface area contributed by atoms with Crippen molar-refractivity contribution in [3.8, 4) is 0 Å². The van der Waals surface area contributed by atoms with Gasteiger partial charge in [-0.3, -0.25) is 0 Å². The molecule has 1 heterocycles. The third-order valence-electron chi connectivity index (χ3n) is 2.02. The van der Waals surface area contributed by atoms with Gasteiger partial charge in [0.15, 0.2) is 0 Å². The van der Waals surface area contributed by atoms with Crippen LogP contribution in [-0.4, -0.2) is 37.1 Å². The monoisotopic (exact) mass is 339 g/mol. The number of hydrogen-bond donors (Lipinski definition) is 1. The first-order valence-corrected chi connectivity index (χ1v) is 18.8. The van der Waals surface area contributed by atoms with E-state index in [4.69, 9.17) is 4.78 Å². The second-order valence-electron chi connectivity index (χ2n) is 5.92. The van der Waals surface area contributed by atoms with Crippen molar-refractivity contribution in [2.24, 2.45) is 0 Å². The molecule has 0 aromatic carbocycles. The molecule has 1 rings (SSSR count). The van der Waals surface area contributed by atoms with Gasteiger partial charge in [-0.05, 0) is 0 Å². The van der Waals surface area contributed by atoms with E-state index in [2.05, 4.69) is 45.7 Å². The second-order valence-corrected chi connectivity index (χ2v) is 28.2. The Morgan fingerprint density at radius 1 is 1.14 bits per heavy atom. The fourth-order valence-corrected chi connectivity index (χ4v) is 9.74. The molecular weight excluding hydrogens is 317 g/mol. The molecule has 14 heavy (non-hydrogen) atoms. The van der Waals surface area contributed by atoms with E-state index in [1.807, 2.05) is 11.3 Å². The average Bonchev–Trinajstić information content (AvgIpc) is 2.25. The first kappa shape index (κ1) is 12.7. The fourth-order valence-electron chi connectivity index (χ4n) is 1.11. The standard InChI is InChI=1S/C7H12NS2.3CH3.Sn/c1-10(2,3,8)7-5-4-6-9-7;;;;/h4-5,8H,1-3H3;3*1H3;. The Labute approximate surface area is 95.6 Å². The molecule has 1 aromatic rings. The summed E-state index contributed by atoms with van der Waals surface area (Å²) in [5.41, 5.74) is 0. The number of rotatable bonds is 2. The maximum atomic E-state index is 8.39. The van der Waals surface area contributed by atoms with Crippen molar-refractivity contribution in [1.82, 2.24) is 0 Å². The van der Waals surface area contributed by atoms with E-state index in [0.717, 1.165) is 0 Å². The van der Waals surface area contributed by atoms with Crippen molar-refractivity contribution in [3.63, 3.8) is 0 Å². The van der Waals surface area contributed by atoms with E-state index in [1.165, 1.54) is 4.21 Å². The molecule has 1 nitrogen and oxygen atoms in total. The van der Waals surface area contributed by atoms with Crippen molar-refractivity contribution >= 4 is 41.6 Å². The summed E-state index contributed by atoms with van der Waals surface area (Å²) in [7, 11) is -2.01. The van der Waals surface area contributed by atoms with Gasteiger partial charge in [0.2, 0.25) is 0 Å². The number of hydrogen-bond acceptors (Lipinski definition) is 2. The Hall–Kier alpha value is 0.649. The molecule has 0 radical (unpaired) electrons. The van der Waals surface area contributed by atoms with Gasteiger partial charge < -0.3 is 0 Å². The Bertz CT molecular complexity index is 395. The van der Waals surface area contributed by atoms with Crippen LogP contribution in [0.4, 0.5) is 0 Å². The van der Waals surface area contributed by atoms with Crippen LogP contribution in [0.3, 0.4) is 0 Å². The predicted octanol–water partition coefficient (Wildman–Crippen LogP) is 2.99. The Morgan fingerprint density at radius 2 is 1.64 bits per heavy atom. The topological polar surface area (TPSA) is 23.9 Å². The SMILES string of the molecule is [CH3][Sn]([CH3])([CH3])[c]1ccc(S(C)(C)(C)=N)s1. The molecule has 0 aliphatic carbocycles. The summed E-state index contributed by atoms with van der Waals surface area (Å²) in [6.45, 7) is 0. The van der Waals surface area contributed by atoms with Crippen LogP contribution in [0, 0.1) is 4.78 Å². The zero-order chi connectivity index (χ0) is 11.2. The second kappa shape index (κ2) is 3.32. The van der Waals surface area contributed by atoms with Gasteiger partial charge in [-0.25, -0.2) is 0 Å². The van der Waals surface area contributed by atoms with Gasteiger partial charge in [-0.15, -0.1) is 0 Å². The fraction of sp³-hybridized carbons (Fsp3) is 0.600. The van der Waals surface area contributed by atoms with Crippen LogP contribution in [-0.2, 0) is 8.96 Å². The molecule has 4 heteroatoms. The van der Waals surface area contributed by atoms with Crippen LogP contribution in [0.1, 0.15) is 0 Å². The van der Waals surface area contributed by atoms with Gasteiger partial charge in [0.25, 0.3) is 0 Å². The normalized spacial score (nSPS) is 16.3. The van der Waals surface area contributed by atoms with Crippen molar-refractivity contribution in [2.75, 3.05) is 18.8 Å². The molecular formula is C10H21NS2Sn. The molecule has 0 aliphatic heterocycles. The van der Waals surface area contributed by atoms with Gasteiger partial charge in [-0.1, -0.05) is 0 Å². The van der Waals surface area contributed by atoms with Crippen molar-refractivity contribution in [1.29, 1.82) is 4.78 Å². The average molecular weight is 338 g/mol. The van der Waals surface area contributed by atoms with Gasteiger partial charge >= 0.3 is 96.3 Å². The van der Waals surface area contributed by atoms with E-state index < -0.39 is 27.3 Å². The summed E-state index contributed by atoms with van der Waals surface area (Å²) in [5.74, 6) is 0. The van der Waals surface area contributed by atoms with Gasteiger partial charge in [0.05, 0.1) is 0 Å². The summed E-state index contributed by atoms with van der Waals surface area (Å²) < 4.78 is 11.3. The summed E-state index contributed by atoms with van der Waals surface area (Å²) in [6.07, 6.45) is 6.26. The van der Waals surface area contributed by atoms with Crippen LogP contribution in [0.25, 0.3) is 0 Å². The number of thiophene rings is 1. The molecule has 0 saturated heterocycles. The van der Waals surface area contributed by atoms with E-state index in [9.17, 15) is 0 Å². The van der Waals surface area contributed by atoms with Crippen molar-refractivity contribution in [2.45, 2.75) is 19.0 Å². The van der Waals surface area contributed by atoms with Gasteiger partial charge in [-0.2, -0.15) is 0 Å². The van der Waals surface area contributed by atoms with Gasteiger partial charge in [0, 0.05) is 0 Å². The summed E-state index contributed by atoms with van der Waals surface area (Å²) in [5, 5.41) is 0. The Morgan fingerprint density at radius 3 is 1.86 bits per heavy atom. The van der Waals surface area contributed by atoms with Crippen LogP contribution in [0.2, 0.25) is 14.8 Å². The third-order valence-corrected chi connectivity index (χ3v) is 15.9. The predicted molar refractivity (Wildman–Crippen MR) is 73.4 cm³/mol. The first-order chi connectivity index (χ1) is 5.97. The quantitative estimate of drug-likeness (QED) is 0.802. The molecule has 0 unspecified atom stereocenters. The maximum absolute atomic E-state index is 8.39. The molecule has 0 fully saturated rings. The molecule has 1 aromatic heterocycles. The van der Waals surface area contributed by atoms with Crippen molar-refractivity contribution in [3.05, 3.63) is 12.1 Å². The van der Waals surface area contributed by atoms with E-state index in [0.29, 0.717) is 0 Å². The molecule has 0 saturated carbocycles. The Balaban J connectivity index is 3.21. The summed E-state index contributed by atoms with van der Waals surface area (Å²) >= 11 is 0.0173. The Kier molecular flexibility index (Phi) is 3.02. The minimum atomic E-state index is -2.01. The number of nitrogens with one attached hydrogen (secondary N) is 1. The molecule has 82 valence electrons. The van der Waals surface area contributed by atoms with Crippen LogP contribution in [0.5, 0.6) is 0 Å². The molecule has 0 amide bonds. The molecule has 0 aliphatic rings. The zero-order valence-corrected chi connectivity index (χ0v) is 14.5. The molecule has 1 N–H and O–H groups in total. The molecule has 0 spiro atoms. The zero-order valence-electron chi connectivity index (χ0n) is 9.97. The summed E-state index contributed by atoms with van der Waals surface area (Å²) in [6, 6.07) is 4.47. The van der Waals surface area contributed by atoms with E-state index in [1.54, 1.807) is 2.89 Å². The van der Waals surface area contributed by atoms with E-state index in [-0.39, 0.29) is 0 Å². The summed E-state index contributed by atoms with van der Waals surface area (Å²) in [4.78, 5) is 7.30. The van der Waals surface area contributed by atoms with E-state index >= 15 is 0 Å². The third kappa shape index (κ3) is 3.07. The van der Waals surface area contributed by atoms with Crippen LogP contribution < -0.4 is 2.89 Å². The first-order valence-electron chi connectivity index (χ1n) is 4.70.